The van der Waals surface area contributed by atoms with Gasteiger partial charge in [0, 0.05) is 5.54 Å². The highest BCUT2D eigenvalue weighted by Gasteiger charge is 2.37. The minimum atomic E-state index is -2.70. The average Bonchev–Trinajstić information content (AvgIpc) is 2.44. The van der Waals surface area contributed by atoms with Crippen molar-refractivity contribution in [1.29, 1.82) is 0 Å². The molecule has 15 heavy (non-hydrogen) atoms. The van der Waals surface area contributed by atoms with Crippen molar-refractivity contribution in [3.63, 3.8) is 0 Å². The molecule has 3 nitrogen and oxygen atoms in total. The third kappa shape index (κ3) is 2.72. The molecule has 2 aliphatic heterocycles. The molecule has 2 heterocycles. The Bertz CT molecular complexity index is 334. The van der Waals surface area contributed by atoms with Gasteiger partial charge < -0.3 is 5.32 Å². The van der Waals surface area contributed by atoms with Crippen molar-refractivity contribution in [2.75, 3.05) is 18.1 Å². The number of sulfone groups is 1. The van der Waals surface area contributed by atoms with Gasteiger partial charge in [0.15, 0.2) is 9.84 Å². The van der Waals surface area contributed by atoms with Gasteiger partial charge in [-0.25, -0.2) is 8.42 Å². The molecule has 0 radical (unpaired) electrons. The van der Waals surface area contributed by atoms with E-state index in [1.165, 1.54) is 0 Å². The van der Waals surface area contributed by atoms with Gasteiger partial charge >= 0.3 is 0 Å². The zero-order chi connectivity index (χ0) is 11.1. The van der Waals surface area contributed by atoms with E-state index < -0.39 is 9.84 Å². The van der Waals surface area contributed by atoms with Crippen molar-refractivity contribution in [3.05, 3.63) is 0 Å². The van der Waals surface area contributed by atoms with E-state index in [-0.39, 0.29) is 5.54 Å². The van der Waals surface area contributed by atoms with E-state index in [1.807, 2.05) is 0 Å². The molecular weight excluding hydrogens is 210 g/mol. The van der Waals surface area contributed by atoms with E-state index >= 15 is 0 Å². The Hall–Kier alpha value is -0.0900. The fourth-order valence-electron chi connectivity index (χ4n) is 3.02. The van der Waals surface area contributed by atoms with Crippen molar-refractivity contribution in [2.45, 2.75) is 38.6 Å². The second-order valence-electron chi connectivity index (χ2n) is 5.73. The number of hydrogen-bond donors (Lipinski definition) is 1. The Morgan fingerprint density at radius 3 is 2.47 bits per heavy atom. The molecule has 0 amide bonds. The molecule has 1 N–H and O–H groups in total. The molecule has 0 saturated carbocycles. The number of hydrogen-bond acceptors (Lipinski definition) is 3. The van der Waals surface area contributed by atoms with Gasteiger partial charge in [-0.05, 0) is 51.5 Å². The zero-order valence-electron chi connectivity index (χ0n) is 9.62. The third-order valence-corrected chi connectivity index (χ3v) is 5.62. The molecule has 2 aliphatic rings. The topological polar surface area (TPSA) is 46.2 Å². The largest absolute Gasteiger partial charge is 0.312 e. The molecule has 2 rings (SSSR count). The lowest BCUT2D eigenvalue weighted by atomic mass is 9.77. The van der Waals surface area contributed by atoms with E-state index in [9.17, 15) is 8.42 Å². The molecule has 0 aromatic rings. The summed E-state index contributed by atoms with van der Waals surface area (Å²) < 4.78 is 22.9. The third-order valence-electron chi connectivity index (χ3n) is 3.83. The van der Waals surface area contributed by atoms with Gasteiger partial charge in [-0.2, -0.15) is 0 Å². The number of rotatable bonds is 1. The fraction of sp³-hybridized carbons (Fsp3) is 1.00. The van der Waals surface area contributed by atoms with Crippen molar-refractivity contribution < 1.29 is 8.42 Å². The SMILES string of the molecule is CC1(C)CC(C2CCS(=O)(=O)C2)CCN1. The van der Waals surface area contributed by atoms with E-state index in [4.69, 9.17) is 0 Å². The minimum absolute atomic E-state index is 0.190. The second-order valence-corrected chi connectivity index (χ2v) is 7.96. The minimum Gasteiger partial charge on any atom is -0.312 e. The summed E-state index contributed by atoms with van der Waals surface area (Å²) in [4.78, 5) is 0. The maximum absolute atomic E-state index is 11.4. The Morgan fingerprint density at radius 1 is 1.20 bits per heavy atom. The van der Waals surface area contributed by atoms with Gasteiger partial charge in [0.2, 0.25) is 0 Å². The van der Waals surface area contributed by atoms with Crippen molar-refractivity contribution in [1.82, 2.24) is 5.32 Å². The van der Waals surface area contributed by atoms with E-state index in [0.717, 1.165) is 25.8 Å². The molecule has 0 bridgehead atoms. The molecule has 88 valence electrons. The van der Waals surface area contributed by atoms with Gasteiger partial charge in [0.1, 0.15) is 0 Å². The molecule has 2 saturated heterocycles. The summed E-state index contributed by atoms with van der Waals surface area (Å²) in [5.41, 5.74) is 0.190. The van der Waals surface area contributed by atoms with Gasteiger partial charge in [-0.15, -0.1) is 0 Å². The molecule has 2 fully saturated rings. The van der Waals surface area contributed by atoms with Gasteiger partial charge in [0.05, 0.1) is 11.5 Å². The van der Waals surface area contributed by atoms with Crippen LogP contribution in [0.15, 0.2) is 0 Å². The van der Waals surface area contributed by atoms with Crippen LogP contribution in [0.1, 0.15) is 33.1 Å². The average molecular weight is 231 g/mol. The summed E-state index contributed by atoms with van der Waals surface area (Å²) in [5.74, 6) is 1.89. The van der Waals surface area contributed by atoms with E-state index in [2.05, 4.69) is 19.2 Å². The van der Waals surface area contributed by atoms with Crippen molar-refractivity contribution in [3.8, 4) is 0 Å². The quantitative estimate of drug-likeness (QED) is 0.737. The lowest BCUT2D eigenvalue weighted by Crippen LogP contribution is -2.47. The summed E-state index contributed by atoms with van der Waals surface area (Å²) in [6.45, 7) is 5.46. The molecular formula is C11H21NO2S. The normalized spacial score (nSPS) is 39.1. The summed E-state index contributed by atoms with van der Waals surface area (Å²) in [6, 6.07) is 0. The van der Waals surface area contributed by atoms with Crippen molar-refractivity contribution >= 4 is 9.84 Å². The maximum Gasteiger partial charge on any atom is 0.150 e. The van der Waals surface area contributed by atoms with Crippen LogP contribution in [-0.4, -0.2) is 32.0 Å². The standard InChI is InChI=1S/C11H21NO2S/c1-11(2)7-9(3-5-12-11)10-4-6-15(13,14)8-10/h9-10,12H,3-8H2,1-2H3. The van der Waals surface area contributed by atoms with Crippen LogP contribution in [0, 0.1) is 11.8 Å². The smallest absolute Gasteiger partial charge is 0.150 e. The highest BCUT2D eigenvalue weighted by Crippen LogP contribution is 2.35. The number of nitrogens with one attached hydrogen (secondary N) is 1. The van der Waals surface area contributed by atoms with Gasteiger partial charge in [0.25, 0.3) is 0 Å². The predicted octanol–water partition coefficient (Wildman–Crippen LogP) is 1.20. The van der Waals surface area contributed by atoms with E-state index in [1.54, 1.807) is 0 Å². The number of piperidine rings is 1. The summed E-state index contributed by atoms with van der Waals surface area (Å²) in [6.07, 6.45) is 3.15. The summed E-state index contributed by atoms with van der Waals surface area (Å²) >= 11 is 0. The lowest BCUT2D eigenvalue weighted by Gasteiger charge is -2.38. The first-order valence-electron chi connectivity index (χ1n) is 5.83. The lowest BCUT2D eigenvalue weighted by molar-refractivity contribution is 0.183. The van der Waals surface area contributed by atoms with Crippen molar-refractivity contribution in [2.24, 2.45) is 11.8 Å². The van der Waals surface area contributed by atoms with Crippen LogP contribution in [-0.2, 0) is 9.84 Å². The molecule has 0 spiro atoms. The fourth-order valence-corrected chi connectivity index (χ4v) is 4.94. The van der Waals surface area contributed by atoms with Crippen LogP contribution < -0.4 is 5.32 Å². The Morgan fingerprint density at radius 2 is 1.93 bits per heavy atom. The first-order chi connectivity index (χ1) is 6.88. The Labute approximate surface area is 92.6 Å². The molecule has 0 aromatic heterocycles. The summed E-state index contributed by atoms with van der Waals surface area (Å²) in [7, 11) is -2.70. The van der Waals surface area contributed by atoms with Crippen LogP contribution in [0.25, 0.3) is 0 Å². The zero-order valence-corrected chi connectivity index (χ0v) is 10.4. The highest BCUT2D eigenvalue weighted by atomic mass is 32.2. The molecule has 4 heteroatoms. The molecule has 2 atom stereocenters. The Kier molecular flexibility index (Phi) is 2.84. The van der Waals surface area contributed by atoms with Gasteiger partial charge in [-0.3, -0.25) is 0 Å². The van der Waals surface area contributed by atoms with Crippen LogP contribution in [0.2, 0.25) is 0 Å². The van der Waals surface area contributed by atoms with Crippen LogP contribution >= 0.6 is 0 Å². The monoisotopic (exact) mass is 231 g/mol. The molecule has 0 aliphatic carbocycles. The second kappa shape index (κ2) is 3.74. The van der Waals surface area contributed by atoms with Crippen LogP contribution in [0.4, 0.5) is 0 Å². The van der Waals surface area contributed by atoms with Crippen LogP contribution in [0.3, 0.4) is 0 Å². The molecule has 2 unspecified atom stereocenters. The predicted molar refractivity (Wildman–Crippen MR) is 61.6 cm³/mol. The first-order valence-corrected chi connectivity index (χ1v) is 7.66. The molecule has 0 aromatic carbocycles. The summed E-state index contributed by atoms with van der Waals surface area (Å²) in [5, 5.41) is 3.48. The Balaban J connectivity index is 2.00. The van der Waals surface area contributed by atoms with E-state index in [0.29, 0.717) is 23.3 Å². The highest BCUT2D eigenvalue weighted by molar-refractivity contribution is 7.91. The van der Waals surface area contributed by atoms with Gasteiger partial charge in [-0.1, -0.05) is 0 Å². The van der Waals surface area contributed by atoms with Crippen LogP contribution in [0.5, 0.6) is 0 Å². The first kappa shape index (κ1) is 11.4. The maximum atomic E-state index is 11.4.